The van der Waals surface area contributed by atoms with Gasteiger partial charge in [-0.1, -0.05) is 12.2 Å². The lowest BCUT2D eigenvalue weighted by Crippen LogP contribution is -1.96. The summed E-state index contributed by atoms with van der Waals surface area (Å²) in [6.45, 7) is 11.5. The molecule has 0 aliphatic carbocycles. The summed E-state index contributed by atoms with van der Waals surface area (Å²) in [5.41, 5.74) is 2.25. The zero-order valence-electron chi connectivity index (χ0n) is 15.9. The first-order chi connectivity index (χ1) is 12.3. The summed E-state index contributed by atoms with van der Waals surface area (Å²) in [4.78, 5) is 6.74. The fraction of sp³-hybridized carbons (Fsp3) is 0.350. The molecule has 2 rings (SSSR count). The molecular weight excluding hydrogens is 366 g/mol. The number of aromatic nitrogens is 1. The van der Waals surface area contributed by atoms with E-state index in [-0.39, 0.29) is 17.6 Å². The van der Waals surface area contributed by atoms with Gasteiger partial charge in [0.25, 0.3) is 0 Å². The van der Waals surface area contributed by atoms with E-state index in [0.29, 0.717) is 0 Å². The molecule has 1 aromatic heterocycles. The van der Waals surface area contributed by atoms with Crippen molar-refractivity contribution in [3.05, 3.63) is 52.5 Å². The summed E-state index contributed by atoms with van der Waals surface area (Å²) in [6, 6.07) is 4.88. The maximum atomic E-state index is 9.48. The van der Waals surface area contributed by atoms with Crippen LogP contribution in [0.4, 0.5) is 0 Å². The van der Waals surface area contributed by atoms with Crippen LogP contribution in [0.3, 0.4) is 0 Å². The number of aromatic hydroxyl groups is 2. The van der Waals surface area contributed by atoms with Gasteiger partial charge in [0.2, 0.25) is 0 Å². The number of nitrogens with zero attached hydrogens (tertiary/aromatic N) is 1. The van der Waals surface area contributed by atoms with Crippen LogP contribution >= 0.6 is 23.1 Å². The van der Waals surface area contributed by atoms with Gasteiger partial charge in [0.1, 0.15) is 5.01 Å². The van der Waals surface area contributed by atoms with Crippen LogP contribution in [0.1, 0.15) is 36.3 Å². The number of ether oxygens (including phenoxy) is 1. The van der Waals surface area contributed by atoms with Crippen LogP contribution in [-0.2, 0) is 10.5 Å². The molecular formula is C20H27NO3S2. The molecule has 2 N–H and O–H groups in total. The maximum Gasteiger partial charge on any atom is 0.158 e. The van der Waals surface area contributed by atoms with Gasteiger partial charge in [0, 0.05) is 22.6 Å². The largest absolute Gasteiger partial charge is 0.504 e. The molecule has 1 aromatic carbocycles. The molecule has 0 fully saturated rings. The van der Waals surface area contributed by atoms with Gasteiger partial charge >= 0.3 is 0 Å². The number of rotatable bonds is 6. The predicted molar refractivity (Wildman–Crippen MR) is 112 cm³/mol. The quantitative estimate of drug-likeness (QED) is 0.370. The Balaban J connectivity index is 0.000000487. The highest BCUT2D eigenvalue weighted by atomic mass is 32.2. The molecule has 4 nitrogen and oxygen atoms in total. The standard InChI is InChI=1S/C15H17NO2S2.C5H10O/c1-4-9(2)15-16-10(3)14(20-15)8-19-11-5-6-12(17)13(18)7-11;1-4-5(2)6-3/h4-7,17-18H,8H2,1-3H3;4-5H,1H2,2-3H3/b9-4+;. The summed E-state index contributed by atoms with van der Waals surface area (Å²) in [7, 11) is 1.66. The van der Waals surface area contributed by atoms with E-state index in [2.05, 4.69) is 24.6 Å². The molecule has 0 bridgehead atoms. The van der Waals surface area contributed by atoms with Crippen molar-refractivity contribution in [2.75, 3.05) is 7.11 Å². The molecule has 0 saturated carbocycles. The van der Waals surface area contributed by atoms with Gasteiger partial charge < -0.3 is 14.9 Å². The molecule has 142 valence electrons. The third-order valence-corrected chi connectivity index (χ3v) is 6.18. The van der Waals surface area contributed by atoms with Gasteiger partial charge in [0.15, 0.2) is 11.5 Å². The van der Waals surface area contributed by atoms with E-state index in [4.69, 9.17) is 4.74 Å². The Morgan fingerprint density at radius 2 is 2.08 bits per heavy atom. The highest BCUT2D eigenvalue weighted by molar-refractivity contribution is 7.98. The first-order valence-electron chi connectivity index (χ1n) is 8.22. The number of thioether (sulfide) groups is 1. The minimum absolute atomic E-state index is 0.0820. The summed E-state index contributed by atoms with van der Waals surface area (Å²) >= 11 is 3.33. The lowest BCUT2D eigenvalue weighted by molar-refractivity contribution is 0.156. The summed E-state index contributed by atoms with van der Waals surface area (Å²) in [5, 5.41) is 19.8. The number of benzene rings is 1. The smallest absolute Gasteiger partial charge is 0.158 e. The van der Waals surface area contributed by atoms with E-state index in [9.17, 15) is 10.2 Å². The highest BCUT2D eigenvalue weighted by Gasteiger charge is 2.09. The monoisotopic (exact) mass is 393 g/mol. The number of methoxy groups -OCH3 is 1. The molecule has 2 aromatic rings. The number of phenols is 2. The van der Waals surface area contributed by atoms with Gasteiger partial charge in [-0.15, -0.1) is 29.7 Å². The molecule has 6 heteroatoms. The summed E-state index contributed by atoms with van der Waals surface area (Å²) < 4.78 is 4.78. The van der Waals surface area contributed by atoms with E-state index in [1.54, 1.807) is 48.4 Å². The zero-order valence-corrected chi connectivity index (χ0v) is 17.6. The number of phenolic OH excluding ortho intramolecular Hbond substituents is 2. The van der Waals surface area contributed by atoms with Crippen molar-refractivity contribution in [1.29, 1.82) is 0 Å². The SMILES string of the molecule is C/C=C(\C)c1nc(C)c(CSc2ccc(O)c(O)c2)s1.C=CC(C)OC. The molecule has 0 saturated heterocycles. The third kappa shape index (κ3) is 6.86. The second-order valence-electron chi connectivity index (χ2n) is 5.62. The Morgan fingerprint density at radius 3 is 2.58 bits per heavy atom. The lowest BCUT2D eigenvalue weighted by atomic mass is 10.3. The van der Waals surface area contributed by atoms with Gasteiger partial charge in [-0.25, -0.2) is 4.98 Å². The summed E-state index contributed by atoms with van der Waals surface area (Å²) in [6.07, 6.45) is 4.01. The molecule has 0 radical (unpaired) electrons. The molecule has 0 aliphatic heterocycles. The van der Waals surface area contributed by atoms with Crippen LogP contribution in [0.5, 0.6) is 11.5 Å². The zero-order chi connectivity index (χ0) is 19.7. The highest BCUT2D eigenvalue weighted by Crippen LogP contribution is 2.34. The Morgan fingerprint density at radius 1 is 1.38 bits per heavy atom. The van der Waals surface area contributed by atoms with Crippen molar-refractivity contribution >= 4 is 28.7 Å². The fourth-order valence-corrected chi connectivity index (χ4v) is 3.86. The molecule has 26 heavy (non-hydrogen) atoms. The maximum absolute atomic E-state index is 9.48. The van der Waals surface area contributed by atoms with E-state index in [0.717, 1.165) is 21.3 Å². The van der Waals surface area contributed by atoms with Crippen LogP contribution in [0.2, 0.25) is 0 Å². The fourth-order valence-electron chi connectivity index (χ4n) is 1.69. The van der Waals surface area contributed by atoms with E-state index in [1.807, 2.05) is 20.8 Å². The van der Waals surface area contributed by atoms with Crippen molar-refractivity contribution in [2.45, 2.75) is 44.4 Å². The van der Waals surface area contributed by atoms with Crippen LogP contribution in [0.25, 0.3) is 5.57 Å². The van der Waals surface area contributed by atoms with Gasteiger partial charge in [-0.2, -0.15) is 0 Å². The second kappa shape index (κ2) is 11.1. The Bertz CT molecular complexity index is 754. The van der Waals surface area contributed by atoms with Crippen LogP contribution in [0.15, 0.2) is 41.8 Å². The first-order valence-corrected chi connectivity index (χ1v) is 10.0. The Kier molecular flexibility index (Phi) is 9.48. The topological polar surface area (TPSA) is 62.6 Å². The van der Waals surface area contributed by atoms with Crippen molar-refractivity contribution in [1.82, 2.24) is 4.98 Å². The Labute approximate surface area is 164 Å². The molecule has 1 unspecified atom stereocenters. The van der Waals surface area contributed by atoms with Crippen LogP contribution < -0.4 is 0 Å². The van der Waals surface area contributed by atoms with Crippen LogP contribution in [-0.4, -0.2) is 28.4 Å². The van der Waals surface area contributed by atoms with E-state index in [1.165, 1.54) is 16.5 Å². The normalized spacial score (nSPS) is 12.3. The molecule has 1 atom stereocenters. The molecule has 0 aliphatic rings. The number of hydrogen-bond acceptors (Lipinski definition) is 6. The number of aryl methyl sites for hydroxylation is 1. The minimum Gasteiger partial charge on any atom is -0.504 e. The number of thiazole rings is 1. The number of allylic oxidation sites excluding steroid dienone is 2. The first kappa shape index (κ1) is 22.3. The van der Waals surface area contributed by atoms with Gasteiger partial charge in [0.05, 0.1) is 11.8 Å². The van der Waals surface area contributed by atoms with Gasteiger partial charge in [-0.3, -0.25) is 0 Å². The minimum atomic E-state index is -0.0886. The number of hydrogen-bond donors (Lipinski definition) is 2. The van der Waals surface area contributed by atoms with Gasteiger partial charge in [-0.05, 0) is 51.5 Å². The van der Waals surface area contributed by atoms with E-state index >= 15 is 0 Å². The average Bonchev–Trinajstić information content (AvgIpc) is 3.02. The lowest BCUT2D eigenvalue weighted by Gasteiger charge is -2.02. The second-order valence-corrected chi connectivity index (χ2v) is 7.75. The molecule has 0 spiro atoms. The predicted octanol–water partition coefficient (Wildman–Crippen LogP) is 5.79. The third-order valence-electron chi connectivity index (χ3n) is 3.68. The molecule has 0 amide bonds. The van der Waals surface area contributed by atoms with E-state index < -0.39 is 0 Å². The van der Waals surface area contributed by atoms with Crippen molar-refractivity contribution in [2.24, 2.45) is 0 Å². The average molecular weight is 394 g/mol. The van der Waals surface area contributed by atoms with Crippen LogP contribution in [0, 0.1) is 6.92 Å². The summed E-state index contributed by atoms with van der Waals surface area (Å²) in [5.74, 6) is 0.640. The molecule has 1 heterocycles. The van der Waals surface area contributed by atoms with Crippen molar-refractivity contribution in [3.8, 4) is 11.5 Å². The Hall–Kier alpha value is -1.76. The van der Waals surface area contributed by atoms with Crippen molar-refractivity contribution < 1.29 is 14.9 Å². The van der Waals surface area contributed by atoms with Crippen molar-refractivity contribution in [3.63, 3.8) is 0 Å².